The average Bonchev–Trinajstić information content (AvgIpc) is 3.41. The summed E-state index contributed by atoms with van der Waals surface area (Å²) in [5.74, 6) is 1.59. The lowest BCUT2D eigenvalue weighted by Gasteiger charge is -2.33. The molecule has 128 valence electrons. The zero-order chi connectivity index (χ0) is 16.1. The van der Waals surface area contributed by atoms with E-state index in [1.54, 1.807) is 7.11 Å². The van der Waals surface area contributed by atoms with Gasteiger partial charge in [0.1, 0.15) is 0 Å². The Balaban J connectivity index is 1.47. The average molecular weight is 320 g/mol. The molecule has 0 spiro atoms. The highest BCUT2D eigenvalue weighted by atomic mass is 16.5. The molecule has 0 amide bonds. The Morgan fingerprint density at radius 2 is 2.17 bits per heavy atom. The van der Waals surface area contributed by atoms with Crippen molar-refractivity contribution >= 4 is 0 Å². The number of nitrogens with one attached hydrogen (secondary N) is 1. The standard InChI is InChI=1S/C18H28N2O3/c1-3-22-18-10-14(4-7-17(18)21-2)11-19-12-16-13-20(8-9-23-16)15-5-6-15/h4,7,10,15-16,19H,3,5-6,8-9,11-13H2,1-2H3. The van der Waals surface area contributed by atoms with Crippen LogP contribution in [-0.4, -0.2) is 57.0 Å². The van der Waals surface area contributed by atoms with Crippen molar-refractivity contribution in [3.8, 4) is 11.5 Å². The van der Waals surface area contributed by atoms with Crippen LogP contribution < -0.4 is 14.8 Å². The minimum atomic E-state index is 0.300. The van der Waals surface area contributed by atoms with Crippen LogP contribution in [0.4, 0.5) is 0 Å². The van der Waals surface area contributed by atoms with E-state index in [-0.39, 0.29) is 0 Å². The molecule has 23 heavy (non-hydrogen) atoms. The summed E-state index contributed by atoms with van der Waals surface area (Å²) in [5.41, 5.74) is 1.20. The Kier molecular flexibility index (Phi) is 5.75. The Morgan fingerprint density at radius 3 is 2.91 bits per heavy atom. The monoisotopic (exact) mass is 320 g/mol. The number of rotatable bonds is 8. The molecule has 5 nitrogen and oxygen atoms in total. The normalized spacial score (nSPS) is 22.1. The van der Waals surface area contributed by atoms with Gasteiger partial charge in [0, 0.05) is 32.2 Å². The lowest BCUT2D eigenvalue weighted by atomic mass is 10.2. The molecule has 1 aliphatic carbocycles. The molecular weight excluding hydrogens is 292 g/mol. The third-order valence-corrected chi connectivity index (χ3v) is 4.46. The first kappa shape index (κ1) is 16.6. The Bertz CT molecular complexity index is 505. The quantitative estimate of drug-likeness (QED) is 0.794. The minimum Gasteiger partial charge on any atom is -0.493 e. The summed E-state index contributed by atoms with van der Waals surface area (Å²) in [5, 5.41) is 3.51. The van der Waals surface area contributed by atoms with Gasteiger partial charge in [0.15, 0.2) is 11.5 Å². The second-order valence-corrected chi connectivity index (χ2v) is 6.27. The fraction of sp³-hybridized carbons (Fsp3) is 0.667. The minimum absolute atomic E-state index is 0.300. The van der Waals surface area contributed by atoms with Crippen LogP contribution in [0.5, 0.6) is 11.5 Å². The zero-order valence-corrected chi connectivity index (χ0v) is 14.2. The number of nitrogens with zero attached hydrogens (tertiary/aromatic N) is 1. The van der Waals surface area contributed by atoms with Crippen molar-refractivity contribution < 1.29 is 14.2 Å². The molecule has 2 fully saturated rings. The number of ether oxygens (including phenoxy) is 3. The highest BCUT2D eigenvalue weighted by Crippen LogP contribution is 2.29. The van der Waals surface area contributed by atoms with Crippen LogP contribution >= 0.6 is 0 Å². The van der Waals surface area contributed by atoms with Gasteiger partial charge in [0.2, 0.25) is 0 Å². The van der Waals surface area contributed by atoms with Gasteiger partial charge < -0.3 is 19.5 Å². The predicted octanol–water partition coefficient (Wildman–Crippen LogP) is 2.05. The van der Waals surface area contributed by atoms with Crippen molar-refractivity contribution in [1.29, 1.82) is 0 Å². The summed E-state index contributed by atoms with van der Waals surface area (Å²) in [6.07, 6.45) is 3.03. The van der Waals surface area contributed by atoms with Crippen LogP contribution in [-0.2, 0) is 11.3 Å². The summed E-state index contributed by atoms with van der Waals surface area (Å²) >= 11 is 0. The van der Waals surface area contributed by atoms with E-state index < -0.39 is 0 Å². The van der Waals surface area contributed by atoms with Crippen LogP contribution in [0.2, 0.25) is 0 Å². The zero-order valence-electron chi connectivity index (χ0n) is 14.2. The van der Waals surface area contributed by atoms with Gasteiger partial charge in [-0.05, 0) is 37.5 Å². The first-order valence-corrected chi connectivity index (χ1v) is 8.66. The van der Waals surface area contributed by atoms with Crippen molar-refractivity contribution in [2.75, 3.05) is 40.0 Å². The predicted molar refractivity (Wildman–Crippen MR) is 90.2 cm³/mol. The third-order valence-electron chi connectivity index (χ3n) is 4.46. The summed E-state index contributed by atoms with van der Waals surface area (Å²) in [6, 6.07) is 6.92. The molecule has 1 heterocycles. The summed E-state index contributed by atoms with van der Waals surface area (Å²) in [4.78, 5) is 2.58. The molecule has 0 aromatic heterocycles. The van der Waals surface area contributed by atoms with Crippen molar-refractivity contribution in [3.63, 3.8) is 0 Å². The number of hydrogen-bond donors (Lipinski definition) is 1. The SMILES string of the molecule is CCOc1cc(CNCC2CN(C3CC3)CCO2)ccc1OC. The van der Waals surface area contributed by atoms with Crippen LogP contribution in [0.3, 0.4) is 0 Å². The van der Waals surface area contributed by atoms with Gasteiger partial charge in [0.05, 0.1) is 26.4 Å². The second-order valence-electron chi connectivity index (χ2n) is 6.27. The molecule has 1 saturated heterocycles. The van der Waals surface area contributed by atoms with Crippen LogP contribution in [0.1, 0.15) is 25.3 Å². The maximum absolute atomic E-state index is 5.87. The molecule has 2 aliphatic rings. The van der Waals surface area contributed by atoms with Gasteiger partial charge in [-0.3, -0.25) is 4.90 Å². The molecule has 1 aromatic carbocycles. The fourth-order valence-corrected chi connectivity index (χ4v) is 3.11. The first-order valence-electron chi connectivity index (χ1n) is 8.66. The number of hydrogen-bond acceptors (Lipinski definition) is 5. The smallest absolute Gasteiger partial charge is 0.161 e. The van der Waals surface area contributed by atoms with E-state index in [2.05, 4.69) is 16.3 Å². The Labute approximate surface area is 138 Å². The largest absolute Gasteiger partial charge is 0.493 e. The van der Waals surface area contributed by atoms with Crippen LogP contribution in [0.25, 0.3) is 0 Å². The molecule has 1 aromatic rings. The molecule has 1 N–H and O–H groups in total. The molecule has 0 radical (unpaired) electrons. The Hall–Kier alpha value is -1.30. The van der Waals surface area contributed by atoms with Crippen molar-refractivity contribution in [1.82, 2.24) is 10.2 Å². The van der Waals surface area contributed by atoms with Gasteiger partial charge in [-0.2, -0.15) is 0 Å². The van der Waals surface area contributed by atoms with Gasteiger partial charge in [-0.15, -0.1) is 0 Å². The Morgan fingerprint density at radius 1 is 1.30 bits per heavy atom. The van der Waals surface area contributed by atoms with E-state index in [9.17, 15) is 0 Å². The number of benzene rings is 1. The summed E-state index contributed by atoms with van der Waals surface area (Å²) < 4.78 is 16.8. The van der Waals surface area contributed by atoms with Crippen molar-refractivity contribution in [2.45, 2.75) is 38.5 Å². The maximum atomic E-state index is 5.87. The van der Waals surface area contributed by atoms with Crippen LogP contribution in [0, 0.1) is 0 Å². The summed E-state index contributed by atoms with van der Waals surface area (Å²) in [6.45, 7) is 7.34. The van der Waals surface area contributed by atoms with Gasteiger partial charge in [0.25, 0.3) is 0 Å². The summed E-state index contributed by atoms with van der Waals surface area (Å²) in [7, 11) is 1.67. The van der Waals surface area contributed by atoms with Gasteiger partial charge in [-0.1, -0.05) is 6.07 Å². The molecule has 5 heteroatoms. The van der Waals surface area contributed by atoms with E-state index in [1.165, 1.54) is 18.4 Å². The lowest BCUT2D eigenvalue weighted by molar-refractivity contribution is -0.0301. The molecule has 3 rings (SSSR count). The lowest BCUT2D eigenvalue weighted by Crippen LogP contribution is -2.47. The van der Waals surface area contributed by atoms with Gasteiger partial charge in [-0.25, -0.2) is 0 Å². The van der Waals surface area contributed by atoms with E-state index in [0.29, 0.717) is 12.7 Å². The molecule has 1 unspecified atom stereocenters. The van der Waals surface area contributed by atoms with Crippen molar-refractivity contribution in [3.05, 3.63) is 23.8 Å². The molecule has 0 bridgehead atoms. The molecule has 1 atom stereocenters. The first-order chi connectivity index (χ1) is 11.3. The van der Waals surface area contributed by atoms with E-state index >= 15 is 0 Å². The number of methoxy groups -OCH3 is 1. The van der Waals surface area contributed by atoms with Crippen molar-refractivity contribution in [2.24, 2.45) is 0 Å². The second kappa shape index (κ2) is 7.99. The number of morpholine rings is 1. The van der Waals surface area contributed by atoms with E-state index in [4.69, 9.17) is 14.2 Å². The third kappa shape index (κ3) is 4.59. The molecule has 1 aliphatic heterocycles. The van der Waals surface area contributed by atoms with E-state index in [1.807, 2.05) is 19.1 Å². The van der Waals surface area contributed by atoms with Crippen LogP contribution in [0.15, 0.2) is 18.2 Å². The molecule has 1 saturated carbocycles. The van der Waals surface area contributed by atoms with Gasteiger partial charge >= 0.3 is 0 Å². The van der Waals surface area contributed by atoms with E-state index in [0.717, 1.165) is 50.3 Å². The maximum Gasteiger partial charge on any atom is 0.161 e. The topological polar surface area (TPSA) is 43.0 Å². The molecular formula is C18H28N2O3. The highest BCUT2D eigenvalue weighted by Gasteiger charge is 2.32. The highest BCUT2D eigenvalue weighted by molar-refractivity contribution is 5.42. The fourth-order valence-electron chi connectivity index (χ4n) is 3.11.